The highest BCUT2D eigenvalue weighted by atomic mass is 19.4. The Morgan fingerprint density at radius 1 is 0.940 bits per heavy atom. The first-order valence-electron chi connectivity index (χ1n) is 15.7. The summed E-state index contributed by atoms with van der Waals surface area (Å²) in [4.78, 5) is 38.1. The molecule has 0 aliphatic heterocycles. The van der Waals surface area contributed by atoms with Crippen molar-refractivity contribution in [2.24, 2.45) is 11.3 Å². The molecule has 0 radical (unpaired) electrons. The van der Waals surface area contributed by atoms with E-state index in [9.17, 15) is 41.4 Å². The average Bonchev–Trinajstić information content (AvgIpc) is 3.06. The van der Waals surface area contributed by atoms with Crippen molar-refractivity contribution in [1.82, 2.24) is 5.32 Å². The fourth-order valence-electron chi connectivity index (χ4n) is 5.53. The normalized spacial score (nSPS) is 15.1. The summed E-state index contributed by atoms with van der Waals surface area (Å²) in [6, 6.07) is 15.6. The van der Waals surface area contributed by atoms with E-state index < -0.39 is 49.1 Å². The van der Waals surface area contributed by atoms with E-state index in [0.29, 0.717) is 17.2 Å². The lowest BCUT2D eigenvalue weighted by Crippen LogP contribution is -2.42. The van der Waals surface area contributed by atoms with Gasteiger partial charge in [-0.1, -0.05) is 51.1 Å². The third kappa shape index (κ3) is 10.0. The third-order valence-electron chi connectivity index (χ3n) is 8.48. The molecule has 3 aromatic carbocycles. The first-order chi connectivity index (χ1) is 23.4. The quantitative estimate of drug-likeness (QED) is 0.150. The molecule has 0 saturated heterocycles. The van der Waals surface area contributed by atoms with Crippen molar-refractivity contribution in [2.45, 2.75) is 65.5 Å². The van der Waals surface area contributed by atoms with Gasteiger partial charge in [-0.2, -0.15) is 8.78 Å². The number of alkyl halides is 5. The summed E-state index contributed by atoms with van der Waals surface area (Å²) in [5, 5.41) is 22.7. The van der Waals surface area contributed by atoms with Gasteiger partial charge in [-0.3, -0.25) is 9.69 Å². The molecule has 14 heteroatoms. The molecular formula is C36H38F5N3O6. The summed E-state index contributed by atoms with van der Waals surface area (Å²) in [6.45, 7) is 4.44. The van der Waals surface area contributed by atoms with E-state index in [-0.39, 0.29) is 28.8 Å². The minimum absolute atomic E-state index is 0.0255. The molecule has 0 bridgehead atoms. The minimum atomic E-state index is -4.99. The van der Waals surface area contributed by atoms with Gasteiger partial charge in [-0.25, -0.2) is 9.59 Å². The number of nitrogens with one attached hydrogen (secondary N) is 2. The molecule has 3 aromatic rings. The molecule has 4 N–H and O–H groups in total. The van der Waals surface area contributed by atoms with E-state index >= 15 is 0 Å². The predicted octanol–water partition coefficient (Wildman–Crippen LogP) is 8.00. The number of anilines is 2. The Bertz CT molecular complexity index is 1720. The Kier molecular flexibility index (Phi) is 11.6. The van der Waals surface area contributed by atoms with Crippen LogP contribution in [0.5, 0.6) is 5.75 Å². The van der Waals surface area contributed by atoms with Crippen LogP contribution in [-0.2, 0) is 17.9 Å². The zero-order chi connectivity index (χ0) is 36.9. The van der Waals surface area contributed by atoms with E-state index in [2.05, 4.69) is 36.9 Å². The Labute approximate surface area is 285 Å². The molecule has 4 rings (SSSR count). The maximum Gasteiger partial charge on any atom is 0.573 e. The number of amides is 3. The molecule has 1 aliphatic carbocycles. The largest absolute Gasteiger partial charge is 0.573 e. The summed E-state index contributed by atoms with van der Waals surface area (Å²) < 4.78 is 69.2. The molecule has 268 valence electrons. The number of carboxylic acid groups (broad SMARTS) is 1. The first-order valence-corrected chi connectivity index (χ1v) is 15.7. The van der Waals surface area contributed by atoms with Crippen molar-refractivity contribution in [2.75, 3.05) is 16.8 Å². The van der Waals surface area contributed by atoms with E-state index in [0.717, 1.165) is 37.0 Å². The van der Waals surface area contributed by atoms with Gasteiger partial charge in [-0.05, 0) is 89.8 Å². The Morgan fingerprint density at radius 3 is 2.14 bits per heavy atom. The molecule has 0 aromatic heterocycles. The smallest absolute Gasteiger partial charge is 0.477 e. The second-order valence-electron chi connectivity index (χ2n) is 13.0. The highest BCUT2D eigenvalue weighted by Crippen LogP contribution is 2.40. The Morgan fingerprint density at radius 2 is 1.60 bits per heavy atom. The number of carbonyl (C=O) groups excluding carboxylic acids is 2. The lowest BCUT2D eigenvalue weighted by molar-refractivity contribution is -0.275. The van der Waals surface area contributed by atoms with Gasteiger partial charge < -0.3 is 25.6 Å². The number of carbonyl (C=O) groups is 3. The molecule has 0 saturated carbocycles. The molecule has 9 nitrogen and oxygen atoms in total. The number of allylic oxidation sites excluding steroid dienone is 2. The van der Waals surface area contributed by atoms with E-state index in [1.807, 2.05) is 17.4 Å². The molecule has 1 atom stereocenters. The van der Waals surface area contributed by atoms with Gasteiger partial charge in [0.25, 0.3) is 5.91 Å². The molecule has 1 aliphatic rings. The van der Waals surface area contributed by atoms with Gasteiger partial charge in [0, 0.05) is 22.5 Å². The van der Waals surface area contributed by atoms with Crippen LogP contribution in [0.25, 0.3) is 5.57 Å². The zero-order valence-corrected chi connectivity index (χ0v) is 27.6. The number of aliphatic hydroxyl groups is 1. The van der Waals surface area contributed by atoms with Gasteiger partial charge >= 0.3 is 24.3 Å². The van der Waals surface area contributed by atoms with Crippen LogP contribution in [0, 0.1) is 11.3 Å². The number of rotatable bonds is 11. The van der Waals surface area contributed by atoms with Gasteiger partial charge in [0.2, 0.25) is 0 Å². The number of benzene rings is 3. The molecule has 0 heterocycles. The molecule has 0 fully saturated rings. The number of hydrogen-bond donors (Lipinski definition) is 4. The first kappa shape index (κ1) is 37.8. The standard InChI is InChI=1S/C36H38F5N3O6/c1-34(2,3)27-12-8-23(9-13-27)24-10-15-29(16-11-24)44(33(49)43-28-14-17-30(26(18-28)20-45)50-36(39,40)41)19-22-4-6-25(7-5-22)31(46)42-21-35(37,38)32(47)48/h4-8,10-11,14-18,27,45H,9,12-13,19-21H2,1-3H3,(H,42,46)(H,43,49)(H,47,48). The van der Waals surface area contributed by atoms with Crippen LogP contribution in [-0.4, -0.2) is 47.0 Å². The van der Waals surface area contributed by atoms with Gasteiger partial charge in [-0.15, -0.1) is 13.2 Å². The van der Waals surface area contributed by atoms with Gasteiger partial charge in [0.15, 0.2) is 0 Å². The second-order valence-corrected chi connectivity index (χ2v) is 13.0. The topological polar surface area (TPSA) is 128 Å². The van der Waals surface area contributed by atoms with Crippen LogP contribution < -0.4 is 20.3 Å². The van der Waals surface area contributed by atoms with Crippen molar-refractivity contribution in [3.05, 3.63) is 95.1 Å². The average molecular weight is 704 g/mol. The number of halogens is 5. The summed E-state index contributed by atoms with van der Waals surface area (Å²) in [5.74, 6) is -7.50. The van der Waals surface area contributed by atoms with Crippen molar-refractivity contribution in [1.29, 1.82) is 0 Å². The molecule has 0 spiro atoms. The highest BCUT2D eigenvalue weighted by molar-refractivity contribution is 6.02. The SMILES string of the molecule is CC(C)(C)C1CC=C(c2ccc(N(Cc3ccc(C(=O)NCC(F)(F)C(=O)O)cc3)C(=O)Nc3ccc(OC(F)(F)F)c(CO)c3)cc2)CC1. The minimum Gasteiger partial charge on any atom is -0.477 e. The van der Waals surface area contributed by atoms with Crippen LogP contribution in [0.3, 0.4) is 0 Å². The van der Waals surface area contributed by atoms with Crippen LogP contribution in [0.4, 0.5) is 38.1 Å². The number of hydrogen-bond acceptors (Lipinski definition) is 5. The monoisotopic (exact) mass is 703 g/mol. The molecule has 1 unspecified atom stereocenters. The van der Waals surface area contributed by atoms with Crippen molar-refractivity contribution in [3.8, 4) is 5.75 Å². The van der Waals surface area contributed by atoms with Crippen molar-refractivity contribution >= 4 is 34.9 Å². The third-order valence-corrected chi connectivity index (χ3v) is 8.48. The molecule has 50 heavy (non-hydrogen) atoms. The maximum atomic E-state index is 13.7. The Balaban J connectivity index is 1.57. The lowest BCUT2D eigenvalue weighted by Gasteiger charge is -2.33. The van der Waals surface area contributed by atoms with E-state index in [1.54, 1.807) is 12.1 Å². The van der Waals surface area contributed by atoms with Crippen LogP contribution in [0.1, 0.15) is 67.1 Å². The van der Waals surface area contributed by atoms with E-state index in [4.69, 9.17) is 5.11 Å². The maximum absolute atomic E-state index is 13.7. The predicted molar refractivity (Wildman–Crippen MR) is 177 cm³/mol. The van der Waals surface area contributed by atoms with Crippen molar-refractivity contribution in [3.63, 3.8) is 0 Å². The van der Waals surface area contributed by atoms with Gasteiger partial charge in [0.1, 0.15) is 5.75 Å². The fraction of sp³-hybridized carbons (Fsp3) is 0.361. The summed E-state index contributed by atoms with van der Waals surface area (Å²) >= 11 is 0. The molecule has 3 amide bonds. The summed E-state index contributed by atoms with van der Waals surface area (Å²) in [6.07, 6.45) is 0.155. The number of nitrogens with zero attached hydrogens (tertiary/aromatic N) is 1. The fourth-order valence-corrected chi connectivity index (χ4v) is 5.53. The Hall–Kier alpha value is -4.98. The van der Waals surface area contributed by atoms with Crippen molar-refractivity contribution < 1.29 is 51.3 Å². The number of aliphatic hydroxyl groups excluding tert-OH is 1. The number of ether oxygens (including phenoxy) is 1. The number of carboxylic acids is 1. The van der Waals surface area contributed by atoms with E-state index in [1.165, 1.54) is 40.8 Å². The zero-order valence-electron chi connectivity index (χ0n) is 27.6. The number of urea groups is 1. The number of aliphatic carboxylic acids is 1. The van der Waals surface area contributed by atoms with Crippen LogP contribution in [0.15, 0.2) is 72.8 Å². The van der Waals surface area contributed by atoms with Crippen LogP contribution >= 0.6 is 0 Å². The summed E-state index contributed by atoms with van der Waals surface area (Å²) in [5.41, 5.74) is 3.22. The lowest BCUT2D eigenvalue weighted by atomic mass is 9.72. The second kappa shape index (κ2) is 15.3. The molecular weight excluding hydrogens is 665 g/mol. The van der Waals surface area contributed by atoms with Crippen LogP contribution in [0.2, 0.25) is 0 Å². The van der Waals surface area contributed by atoms with Gasteiger partial charge in [0.05, 0.1) is 19.7 Å². The summed E-state index contributed by atoms with van der Waals surface area (Å²) in [7, 11) is 0. The highest BCUT2D eigenvalue weighted by Gasteiger charge is 2.39.